The Bertz CT molecular complexity index is 843. The third-order valence-electron chi connectivity index (χ3n) is 3.53. The van der Waals surface area contributed by atoms with Gasteiger partial charge in [-0.3, -0.25) is 0 Å². The molecule has 0 aliphatic rings. The molecular formula is C18H15Cl2N3O. The lowest BCUT2D eigenvalue weighted by Crippen LogP contribution is -2.02. The van der Waals surface area contributed by atoms with Gasteiger partial charge in [0.15, 0.2) is 0 Å². The molecule has 3 aromatic rings. The third-order valence-corrected chi connectivity index (χ3v) is 4.08. The first-order valence-corrected chi connectivity index (χ1v) is 8.04. The van der Waals surface area contributed by atoms with Crippen molar-refractivity contribution in [1.82, 2.24) is 14.8 Å². The Hall–Kier alpha value is -2.30. The lowest BCUT2D eigenvalue weighted by Gasteiger charge is -2.11. The number of methoxy groups -OCH3 is 1. The summed E-state index contributed by atoms with van der Waals surface area (Å²) in [5.74, 6) is 0.814. The fourth-order valence-corrected chi connectivity index (χ4v) is 2.88. The van der Waals surface area contributed by atoms with Gasteiger partial charge in [-0.25, -0.2) is 9.67 Å². The molecule has 122 valence electrons. The molecule has 3 rings (SSSR count). The third kappa shape index (κ3) is 3.96. The Morgan fingerprint density at radius 2 is 1.96 bits per heavy atom. The van der Waals surface area contributed by atoms with Crippen LogP contribution in [-0.4, -0.2) is 21.9 Å². The molecule has 0 fully saturated rings. The summed E-state index contributed by atoms with van der Waals surface area (Å²) < 4.78 is 6.95. The highest BCUT2D eigenvalue weighted by atomic mass is 35.5. The molecule has 2 aromatic carbocycles. The highest BCUT2D eigenvalue weighted by Gasteiger charge is 2.09. The van der Waals surface area contributed by atoms with Crippen molar-refractivity contribution < 1.29 is 4.74 Å². The predicted octanol–water partition coefficient (Wildman–Crippen LogP) is 4.83. The number of hydrogen-bond acceptors (Lipinski definition) is 3. The molecule has 0 unspecified atom stereocenters. The lowest BCUT2D eigenvalue weighted by atomic mass is 10.0. The van der Waals surface area contributed by atoms with Crippen LogP contribution >= 0.6 is 23.2 Å². The second-order valence-electron chi connectivity index (χ2n) is 5.16. The van der Waals surface area contributed by atoms with E-state index in [4.69, 9.17) is 27.9 Å². The molecular weight excluding hydrogens is 345 g/mol. The SMILES string of the molecule is COc1ccc(C=C(Cn2cncn2)c2ccc(Cl)cc2Cl)cc1. The van der Waals surface area contributed by atoms with Crippen LogP contribution in [0, 0.1) is 0 Å². The Balaban J connectivity index is 2.01. The van der Waals surface area contributed by atoms with Crippen LogP contribution in [0.1, 0.15) is 11.1 Å². The summed E-state index contributed by atoms with van der Waals surface area (Å²) in [6, 6.07) is 13.3. The van der Waals surface area contributed by atoms with E-state index in [9.17, 15) is 0 Å². The van der Waals surface area contributed by atoms with Crippen molar-refractivity contribution in [1.29, 1.82) is 0 Å². The van der Waals surface area contributed by atoms with Gasteiger partial charge < -0.3 is 4.74 Å². The van der Waals surface area contributed by atoms with E-state index in [1.807, 2.05) is 36.4 Å². The molecule has 0 atom stereocenters. The summed E-state index contributed by atoms with van der Waals surface area (Å²) in [6.07, 6.45) is 5.25. The van der Waals surface area contributed by atoms with Gasteiger partial charge in [-0.05, 0) is 47.0 Å². The molecule has 1 heterocycles. The minimum absolute atomic E-state index is 0.549. The average molecular weight is 360 g/mol. The van der Waals surface area contributed by atoms with Crippen molar-refractivity contribution in [2.24, 2.45) is 0 Å². The van der Waals surface area contributed by atoms with Gasteiger partial charge in [-0.1, -0.05) is 41.4 Å². The molecule has 0 aliphatic heterocycles. The summed E-state index contributed by atoms with van der Waals surface area (Å²) in [5, 5.41) is 5.38. The van der Waals surface area contributed by atoms with Crippen molar-refractivity contribution >= 4 is 34.9 Å². The van der Waals surface area contributed by atoms with Crippen molar-refractivity contribution in [3.8, 4) is 5.75 Å². The number of aromatic nitrogens is 3. The van der Waals surface area contributed by atoms with E-state index < -0.39 is 0 Å². The smallest absolute Gasteiger partial charge is 0.137 e. The van der Waals surface area contributed by atoms with Crippen LogP contribution < -0.4 is 4.74 Å². The molecule has 1 aromatic heterocycles. The van der Waals surface area contributed by atoms with Crippen LogP contribution in [0.25, 0.3) is 11.6 Å². The highest BCUT2D eigenvalue weighted by Crippen LogP contribution is 2.29. The first-order chi connectivity index (χ1) is 11.7. The Morgan fingerprint density at radius 3 is 2.58 bits per heavy atom. The molecule has 0 aliphatic carbocycles. The maximum absolute atomic E-state index is 6.39. The molecule has 24 heavy (non-hydrogen) atoms. The van der Waals surface area contributed by atoms with Crippen LogP contribution in [0.3, 0.4) is 0 Å². The van der Waals surface area contributed by atoms with E-state index >= 15 is 0 Å². The van der Waals surface area contributed by atoms with E-state index in [1.54, 1.807) is 24.2 Å². The molecule has 6 heteroatoms. The molecule has 0 bridgehead atoms. The van der Waals surface area contributed by atoms with Crippen LogP contribution in [0.4, 0.5) is 0 Å². The maximum atomic E-state index is 6.39. The summed E-state index contributed by atoms with van der Waals surface area (Å²) in [4.78, 5) is 3.99. The quantitative estimate of drug-likeness (QED) is 0.612. The van der Waals surface area contributed by atoms with E-state index in [-0.39, 0.29) is 0 Å². The molecule has 0 N–H and O–H groups in total. The molecule has 0 amide bonds. The van der Waals surface area contributed by atoms with Gasteiger partial charge in [0.05, 0.1) is 13.7 Å². The van der Waals surface area contributed by atoms with Gasteiger partial charge in [0.25, 0.3) is 0 Å². The van der Waals surface area contributed by atoms with E-state index in [0.717, 1.165) is 22.4 Å². The van der Waals surface area contributed by atoms with Gasteiger partial charge >= 0.3 is 0 Å². The minimum Gasteiger partial charge on any atom is -0.497 e. The molecule has 0 saturated heterocycles. The zero-order chi connectivity index (χ0) is 16.9. The Morgan fingerprint density at radius 1 is 1.17 bits per heavy atom. The van der Waals surface area contributed by atoms with Gasteiger partial charge in [-0.15, -0.1) is 0 Å². The molecule has 4 nitrogen and oxygen atoms in total. The zero-order valence-electron chi connectivity index (χ0n) is 13.0. The standard InChI is InChI=1S/C18H15Cl2N3O/c1-24-16-5-2-13(3-6-16)8-14(10-23-12-21-11-22-23)17-7-4-15(19)9-18(17)20/h2-9,11-12H,10H2,1H3. The summed E-state index contributed by atoms with van der Waals surface area (Å²) in [7, 11) is 1.65. The second-order valence-corrected chi connectivity index (χ2v) is 6.00. The highest BCUT2D eigenvalue weighted by molar-refractivity contribution is 6.35. The first kappa shape index (κ1) is 16.6. The van der Waals surface area contributed by atoms with Crippen molar-refractivity contribution in [2.45, 2.75) is 6.54 Å². The largest absolute Gasteiger partial charge is 0.497 e. The Kier molecular flexibility index (Phi) is 5.18. The first-order valence-electron chi connectivity index (χ1n) is 7.28. The van der Waals surface area contributed by atoms with E-state index in [2.05, 4.69) is 16.2 Å². The second kappa shape index (κ2) is 7.51. The lowest BCUT2D eigenvalue weighted by molar-refractivity contribution is 0.415. The van der Waals surface area contributed by atoms with Crippen molar-refractivity contribution in [3.63, 3.8) is 0 Å². The summed E-state index contributed by atoms with van der Waals surface area (Å²) in [5.41, 5.74) is 2.96. The summed E-state index contributed by atoms with van der Waals surface area (Å²) in [6.45, 7) is 0.549. The Labute approximate surface area is 150 Å². The van der Waals surface area contributed by atoms with Gasteiger partial charge in [-0.2, -0.15) is 5.10 Å². The van der Waals surface area contributed by atoms with Crippen LogP contribution in [0.15, 0.2) is 55.1 Å². The molecule has 0 spiro atoms. The monoisotopic (exact) mass is 359 g/mol. The zero-order valence-corrected chi connectivity index (χ0v) is 14.5. The van der Waals surface area contributed by atoms with Gasteiger partial charge in [0.2, 0.25) is 0 Å². The molecule has 0 radical (unpaired) electrons. The fourth-order valence-electron chi connectivity index (χ4n) is 2.35. The molecule has 0 saturated carbocycles. The summed E-state index contributed by atoms with van der Waals surface area (Å²) >= 11 is 12.4. The number of ether oxygens (including phenoxy) is 1. The van der Waals surface area contributed by atoms with Crippen LogP contribution in [-0.2, 0) is 6.54 Å². The van der Waals surface area contributed by atoms with Crippen molar-refractivity contribution in [3.05, 3.63) is 76.3 Å². The van der Waals surface area contributed by atoms with Gasteiger partial charge in [0.1, 0.15) is 18.4 Å². The normalized spacial score (nSPS) is 11.5. The number of allylic oxidation sites excluding steroid dienone is 1. The van der Waals surface area contributed by atoms with Crippen molar-refractivity contribution in [2.75, 3.05) is 7.11 Å². The number of nitrogens with zero attached hydrogens (tertiary/aromatic N) is 3. The number of halogens is 2. The predicted molar refractivity (Wildman–Crippen MR) is 97.3 cm³/mol. The van der Waals surface area contributed by atoms with Crippen LogP contribution in [0.5, 0.6) is 5.75 Å². The minimum atomic E-state index is 0.549. The number of hydrogen-bond donors (Lipinski definition) is 0. The number of rotatable bonds is 5. The maximum Gasteiger partial charge on any atom is 0.137 e. The average Bonchev–Trinajstić information content (AvgIpc) is 3.08. The number of benzene rings is 2. The van der Waals surface area contributed by atoms with Gasteiger partial charge in [0, 0.05) is 10.0 Å². The van der Waals surface area contributed by atoms with Crippen LogP contribution in [0.2, 0.25) is 10.0 Å². The van der Waals surface area contributed by atoms with E-state index in [1.165, 1.54) is 6.33 Å². The fraction of sp³-hybridized carbons (Fsp3) is 0.111. The van der Waals surface area contributed by atoms with E-state index in [0.29, 0.717) is 16.6 Å². The topological polar surface area (TPSA) is 39.9 Å².